The van der Waals surface area contributed by atoms with E-state index in [4.69, 9.17) is 11.5 Å². The maximum Gasteiger partial charge on any atom is 0.223 e. The molecular formula is C7H17N5. The third-order valence-corrected chi connectivity index (χ3v) is 1.48. The van der Waals surface area contributed by atoms with Gasteiger partial charge in [0.25, 0.3) is 0 Å². The summed E-state index contributed by atoms with van der Waals surface area (Å²) in [4.78, 5) is 9.82. The van der Waals surface area contributed by atoms with Crippen molar-refractivity contribution in [3.8, 4) is 0 Å². The lowest BCUT2D eigenvalue weighted by molar-refractivity contribution is 0.460. The van der Waals surface area contributed by atoms with E-state index in [0.717, 1.165) is 13.1 Å². The van der Waals surface area contributed by atoms with Gasteiger partial charge < -0.3 is 16.4 Å². The van der Waals surface area contributed by atoms with Gasteiger partial charge in [-0.1, -0.05) is 0 Å². The SMILES string of the molecule is CCN(CC)C(N=C(N)N)=NC. The smallest absolute Gasteiger partial charge is 0.223 e. The van der Waals surface area contributed by atoms with Gasteiger partial charge in [0.2, 0.25) is 5.96 Å². The molecule has 0 saturated heterocycles. The number of aliphatic imine (C=N–C) groups is 2. The Morgan fingerprint density at radius 1 is 1.25 bits per heavy atom. The highest BCUT2D eigenvalue weighted by Crippen LogP contribution is 1.92. The predicted octanol–water partition coefficient (Wildman–Crippen LogP) is -0.413. The molecule has 5 nitrogen and oxygen atoms in total. The standard InChI is InChI=1S/C7H17N5/c1-4-12(5-2)7(10-3)11-6(8)9/h4-5H2,1-3H3,(H4,8,9,10,11). The van der Waals surface area contributed by atoms with E-state index in [1.54, 1.807) is 7.05 Å². The minimum Gasteiger partial charge on any atom is -0.370 e. The molecule has 0 saturated carbocycles. The van der Waals surface area contributed by atoms with Crippen molar-refractivity contribution >= 4 is 11.9 Å². The van der Waals surface area contributed by atoms with Crippen molar-refractivity contribution in [2.75, 3.05) is 20.1 Å². The molecule has 0 unspecified atom stereocenters. The molecular weight excluding hydrogens is 154 g/mol. The summed E-state index contributed by atoms with van der Waals surface area (Å²) in [5.74, 6) is 0.627. The summed E-state index contributed by atoms with van der Waals surface area (Å²) < 4.78 is 0. The average Bonchev–Trinajstić information content (AvgIpc) is 2.04. The van der Waals surface area contributed by atoms with Crippen LogP contribution in [0.25, 0.3) is 0 Å². The van der Waals surface area contributed by atoms with Crippen LogP contribution in [0.3, 0.4) is 0 Å². The highest BCUT2D eigenvalue weighted by atomic mass is 15.3. The third-order valence-electron chi connectivity index (χ3n) is 1.48. The minimum atomic E-state index is 0.0440. The van der Waals surface area contributed by atoms with Crippen molar-refractivity contribution in [2.24, 2.45) is 21.5 Å². The maximum absolute atomic E-state index is 5.24. The zero-order chi connectivity index (χ0) is 9.56. The molecule has 0 aliphatic carbocycles. The first-order chi connectivity index (χ1) is 5.65. The highest BCUT2D eigenvalue weighted by Gasteiger charge is 2.03. The van der Waals surface area contributed by atoms with E-state index >= 15 is 0 Å². The average molecular weight is 171 g/mol. The third kappa shape index (κ3) is 3.23. The van der Waals surface area contributed by atoms with E-state index in [1.807, 2.05) is 18.7 Å². The van der Waals surface area contributed by atoms with Crippen LogP contribution in [0, 0.1) is 0 Å². The molecule has 0 radical (unpaired) electrons. The molecule has 0 spiro atoms. The summed E-state index contributed by atoms with van der Waals surface area (Å²) in [5.41, 5.74) is 10.5. The first kappa shape index (κ1) is 10.7. The second kappa shape index (κ2) is 5.40. The van der Waals surface area contributed by atoms with E-state index in [2.05, 4.69) is 9.98 Å². The Labute approximate surface area is 73.2 Å². The molecule has 0 heterocycles. The molecule has 0 bridgehead atoms. The Morgan fingerprint density at radius 2 is 1.75 bits per heavy atom. The van der Waals surface area contributed by atoms with Gasteiger partial charge in [-0.05, 0) is 13.8 Å². The van der Waals surface area contributed by atoms with Crippen molar-refractivity contribution in [1.82, 2.24) is 4.90 Å². The largest absolute Gasteiger partial charge is 0.370 e. The summed E-state index contributed by atoms with van der Waals surface area (Å²) in [6.45, 7) is 5.74. The molecule has 0 fully saturated rings. The lowest BCUT2D eigenvalue weighted by Crippen LogP contribution is -2.33. The van der Waals surface area contributed by atoms with Crippen LogP contribution in [0.2, 0.25) is 0 Å². The quantitative estimate of drug-likeness (QED) is 0.437. The Balaban J connectivity index is 4.45. The lowest BCUT2D eigenvalue weighted by Gasteiger charge is -2.18. The molecule has 0 aromatic heterocycles. The molecule has 5 heteroatoms. The van der Waals surface area contributed by atoms with E-state index in [9.17, 15) is 0 Å². The first-order valence-electron chi connectivity index (χ1n) is 3.97. The molecule has 0 aliphatic heterocycles. The van der Waals surface area contributed by atoms with Crippen LogP contribution in [0.15, 0.2) is 9.98 Å². The Hall–Kier alpha value is -1.26. The Morgan fingerprint density at radius 3 is 2.00 bits per heavy atom. The fraction of sp³-hybridized carbons (Fsp3) is 0.714. The molecule has 0 atom stereocenters. The van der Waals surface area contributed by atoms with Gasteiger partial charge in [0.1, 0.15) is 0 Å². The van der Waals surface area contributed by atoms with Crippen molar-refractivity contribution in [1.29, 1.82) is 0 Å². The second-order valence-electron chi connectivity index (χ2n) is 2.23. The topological polar surface area (TPSA) is 80.0 Å². The zero-order valence-corrected chi connectivity index (χ0v) is 7.91. The van der Waals surface area contributed by atoms with Crippen LogP contribution in [0.5, 0.6) is 0 Å². The molecule has 0 rings (SSSR count). The van der Waals surface area contributed by atoms with E-state index in [-0.39, 0.29) is 5.96 Å². The Kier molecular flexibility index (Phi) is 4.83. The lowest BCUT2D eigenvalue weighted by atomic mass is 10.5. The van der Waals surface area contributed by atoms with Gasteiger partial charge in [-0.2, -0.15) is 4.99 Å². The molecule has 0 amide bonds. The van der Waals surface area contributed by atoms with Gasteiger partial charge in [0, 0.05) is 20.1 Å². The van der Waals surface area contributed by atoms with Crippen molar-refractivity contribution in [2.45, 2.75) is 13.8 Å². The molecule has 4 N–H and O–H groups in total. The summed E-state index contributed by atoms with van der Waals surface area (Å²) in [5, 5.41) is 0. The molecule has 12 heavy (non-hydrogen) atoms. The number of nitrogens with zero attached hydrogens (tertiary/aromatic N) is 3. The molecule has 0 aromatic carbocycles. The normalized spacial score (nSPS) is 11.1. The number of guanidine groups is 2. The Bertz CT molecular complexity index is 176. The van der Waals surface area contributed by atoms with Gasteiger partial charge >= 0.3 is 0 Å². The van der Waals surface area contributed by atoms with Gasteiger partial charge in [0.15, 0.2) is 5.96 Å². The number of hydrogen-bond acceptors (Lipinski definition) is 1. The first-order valence-corrected chi connectivity index (χ1v) is 3.97. The predicted molar refractivity (Wildman–Crippen MR) is 52.1 cm³/mol. The zero-order valence-electron chi connectivity index (χ0n) is 7.91. The number of rotatable bonds is 2. The second-order valence-corrected chi connectivity index (χ2v) is 2.23. The van der Waals surface area contributed by atoms with E-state index in [0.29, 0.717) is 5.96 Å². The van der Waals surface area contributed by atoms with Gasteiger partial charge in [-0.3, -0.25) is 4.99 Å². The van der Waals surface area contributed by atoms with Crippen LogP contribution >= 0.6 is 0 Å². The summed E-state index contributed by atoms with van der Waals surface area (Å²) in [7, 11) is 1.67. The highest BCUT2D eigenvalue weighted by molar-refractivity contribution is 5.93. The summed E-state index contributed by atoms with van der Waals surface area (Å²) in [6, 6.07) is 0. The van der Waals surface area contributed by atoms with Crippen LogP contribution in [0.4, 0.5) is 0 Å². The fourth-order valence-electron chi connectivity index (χ4n) is 0.884. The van der Waals surface area contributed by atoms with Gasteiger partial charge in [-0.15, -0.1) is 0 Å². The summed E-state index contributed by atoms with van der Waals surface area (Å²) in [6.07, 6.45) is 0. The molecule has 70 valence electrons. The van der Waals surface area contributed by atoms with Crippen LogP contribution in [-0.4, -0.2) is 37.0 Å². The van der Waals surface area contributed by atoms with Crippen molar-refractivity contribution in [3.63, 3.8) is 0 Å². The van der Waals surface area contributed by atoms with Crippen molar-refractivity contribution in [3.05, 3.63) is 0 Å². The van der Waals surface area contributed by atoms with E-state index < -0.39 is 0 Å². The van der Waals surface area contributed by atoms with Gasteiger partial charge in [-0.25, -0.2) is 0 Å². The maximum atomic E-state index is 5.24. The van der Waals surface area contributed by atoms with Crippen LogP contribution < -0.4 is 11.5 Å². The van der Waals surface area contributed by atoms with Crippen LogP contribution in [-0.2, 0) is 0 Å². The van der Waals surface area contributed by atoms with Crippen molar-refractivity contribution < 1.29 is 0 Å². The molecule has 0 aliphatic rings. The molecule has 0 aromatic rings. The van der Waals surface area contributed by atoms with Gasteiger partial charge in [0.05, 0.1) is 0 Å². The summed E-state index contributed by atoms with van der Waals surface area (Å²) >= 11 is 0. The fourth-order valence-corrected chi connectivity index (χ4v) is 0.884. The number of nitrogens with two attached hydrogens (primary N) is 2. The van der Waals surface area contributed by atoms with Crippen LogP contribution in [0.1, 0.15) is 13.8 Å². The number of hydrogen-bond donors (Lipinski definition) is 2. The van der Waals surface area contributed by atoms with E-state index in [1.165, 1.54) is 0 Å². The monoisotopic (exact) mass is 171 g/mol. The minimum absolute atomic E-state index is 0.0440.